The molecule has 10 heteroatoms. The number of pyridine rings is 1. The molecule has 3 N–H and O–H groups in total. The fourth-order valence-electron chi connectivity index (χ4n) is 3.51. The monoisotopic (exact) mass is 428 g/mol. The van der Waals surface area contributed by atoms with Crippen LogP contribution in [0.3, 0.4) is 0 Å². The van der Waals surface area contributed by atoms with E-state index in [1.165, 1.54) is 6.20 Å². The van der Waals surface area contributed by atoms with Gasteiger partial charge in [0.1, 0.15) is 0 Å². The minimum absolute atomic E-state index is 0.242. The smallest absolute Gasteiger partial charge is 0.290 e. The Bertz CT molecular complexity index is 977. The number of hydrogen-bond donors (Lipinski definition) is 3. The third kappa shape index (κ3) is 5.19. The Morgan fingerprint density at radius 3 is 2.67 bits per heavy atom. The highest BCUT2D eigenvalue weighted by Gasteiger charge is 2.25. The maximum absolute atomic E-state index is 13.6. The summed E-state index contributed by atoms with van der Waals surface area (Å²) in [5.41, 5.74) is 1.14. The van der Waals surface area contributed by atoms with E-state index in [2.05, 4.69) is 30.9 Å². The number of aromatic nitrogens is 3. The quantitative estimate of drug-likeness (QED) is 0.476. The van der Waals surface area contributed by atoms with Crippen LogP contribution in [0.25, 0.3) is 6.08 Å². The van der Waals surface area contributed by atoms with Crippen molar-refractivity contribution in [2.45, 2.75) is 44.3 Å². The Morgan fingerprint density at radius 2 is 1.93 bits per heavy atom. The lowest BCUT2D eigenvalue weighted by molar-refractivity contribution is -0.115. The van der Waals surface area contributed by atoms with E-state index in [1.807, 2.05) is 0 Å². The molecule has 2 aliphatic rings. The largest absolute Gasteiger partial charge is 0.351 e. The predicted molar refractivity (Wildman–Crippen MR) is 112 cm³/mol. The molecule has 0 bridgehead atoms. The third-order valence-electron chi connectivity index (χ3n) is 5.08. The fourth-order valence-corrected chi connectivity index (χ4v) is 4.17. The van der Waals surface area contributed by atoms with Gasteiger partial charge in [0.25, 0.3) is 11.1 Å². The molecule has 0 atom stereocenters. The summed E-state index contributed by atoms with van der Waals surface area (Å²) in [6.07, 6.45) is 8.45. The molecule has 30 heavy (non-hydrogen) atoms. The van der Waals surface area contributed by atoms with Gasteiger partial charge in [0.15, 0.2) is 0 Å². The van der Waals surface area contributed by atoms with Crippen LogP contribution in [0.2, 0.25) is 0 Å². The highest BCUT2D eigenvalue weighted by molar-refractivity contribution is 8.18. The first-order valence-corrected chi connectivity index (χ1v) is 10.6. The van der Waals surface area contributed by atoms with Gasteiger partial charge in [-0.15, -0.1) is 0 Å². The van der Waals surface area contributed by atoms with Crippen LogP contribution in [0, 0.1) is 5.95 Å². The van der Waals surface area contributed by atoms with Crippen LogP contribution in [0.1, 0.15) is 36.9 Å². The molecule has 2 aromatic heterocycles. The van der Waals surface area contributed by atoms with Gasteiger partial charge in [-0.25, -0.2) is 15.0 Å². The van der Waals surface area contributed by atoms with Crippen LogP contribution in [0.4, 0.5) is 15.1 Å². The molecular weight excluding hydrogens is 407 g/mol. The lowest BCUT2D eigenvalue weighted by Crippen LogP contribution is -2.37. The molecule has 1 aliphatic heterocycles. The van der Waals surface area contributed by atoms with Crippen LogP contribution in [-0.2, 0) is 11.3 Å². The molecule has 8 nitrogen and oxygen atoms in total. The first-order chi connectivity index (χ1) is 14.6. The summed E-state index contributed by atoms with van der Waals surface area (Å²) in [6, 6.07) is 5.74. The van der Waals surface area contributed by atoms with Crippen molar-refractivity contribution in [2.24, 2.45) is 0 Å². The maximum atomic E-state index is 13.6. The van der Waals surface area contributed by atoms with Crippen LogP contribution in [0.15, 0.2) is 35.5 Å². The van der Waals surface area contributed by atoms with E-state index in [4.69, 9.17) is 0 Å². The molecule has 3 heterocycles. The van der Waals surface area contributed by atoms with E-state index in [0.717, 1.165) is 37.4 Å². The number of halogens is 1. The van der Waals surface area contributed by atoms with Gasteiger partial charge in [0.05, 0.1) is 10.6 Å². The van der Waals surface area contributed by atoms with E-state index in [1.54, 1.807) is 30.5 Å². The van der Waals surface area contributed by atoms with Crippen molar-refractivity contribution in [3.63, 3.8) is 0 Å². The minimum atomic E-state index is -0.426. The molecule has 0 radical (unpaired) electrons. The van der Waals surface area contributed by atoms with Gasteiger partial charge in [-0.1, -0.05) is 6.07 Å². The number of hydrogen-bond acceptors (Lipinski definition) is 8. The molecule has 4 rings (SSSR count). The summed E-state index contributed by atoms with van der Waals surface area (Å²) in [4.78, 5) is 35.6. The van der Waals surface area contributed by atoms with Crippen molar-refractivity contribution >= 4 is 34.9 Å². The van der Waals surface area contributed by atoms with E-state index >= 15 is 0 Å². The third-order valence-corrected chi connectivity index (χ3v) is 5.89. The molecule has 0 unspecified atom stereocenters. The Labute approximate surface area is 177 Å². The second kappa shape index (κ2) is 9.31. The topological polar surface area (TPSA) is 109 Å². The molecular formula is C20H21FN6O2S. The number of anilines is 1. The molecule has 0 spiro atoms. The molecule has 2 aromatic rings. The number of carbonyl (C=O) groups excluding carboxylic acids is 2. The van der Waals surface area contributed by atoms with Crippen molar-refractivity contribution < 1.29 is 14.0 Å². The summed E-state index contributed by atoms with van der Waals surface area (Å²) >= 11 is 0.860. The normalized spacial score (nSPS) is 22.9. The molecule has 2 amide bonds. The number of nitrogens with zero attached hydrogens (tertiary/aromatic N) is 3. The zero-order chi connectivity index (χ0) is 20.9. The van der Waals surface area contributed by atoms with Gasteiger partial charge in [-0.2, -0.15) is 4.39 Å². The fraction of sp³-hybridized carbons (Fsp3) is 0.350. The van der Waals surface area contributed by atoms with Gasteiger partial charge in [0.2, 0.25) is 11.9 Å². The van der Waals surface area contributed by atoms with Crippen LogP contribution >= 0.6 is 11.8 Å². The summed E-state index contributed by atoms with van der Waals surface area (Å²) < 4.78 is 13.6. The van der Waals surface area contributed by atoms with Gasteiger partial charge in [-0.3, -0.25) is 14.9 Å². The van der Waals surface area contributed by atoms with Gasteiger partial charge in [-0.05, 0) is 55.7 Å². The number of nitrogens with one attached hydrogen (secondary N) is 3. The van der Waals surface area contributed by atoms with Crippen molar-refractivity contribution in [2.75, 3.05) is 5.32 Å². The first kappa shape index (κ1) is 20.4. The number of amides is 2. The highest BCUT2D eigenvalue weighted by atomic mass is 32.2. The standard InChI is InChI=1S/C20H21FN6O2S/c21-17-12(2-1-8-22-17)11-24-13-3-5-14(6-4-13)25-19-23-9-7-15(26-19)10-16-18(28)27-20(29)30-16/h1-2,7-10,13-14,24H,3-6,11H2,(H,23,25,26)(H,27,28,29)/b16-10+. The van der Waals surface area contributed by atoms with E-state index in [0.29, 0.717) is 34.7 Å². The number of carbonyl (C=O) groups is 2. The zero-order valence-corrected chi connectivity index (χ0v) is 16.9. The molecule has 1 aliphatic carbocycles. The summed E-state index contributed by atoms with van der Waals surface area (Å²) in [5, 5.41) is 8.60. The van der Waals surface area contributed by atoms with Gasteiger partial charge >= 0.3 is 0 Å². The average molecular weight is 428 g/mol. The molecule has 1 saturated carbocycles. The second-order valence-corrected chi connectivity index (χ2v) is 8.20. The number of rotatable bonds is 6. The molecule has 1 saturated heterocycles. The minimum Gasteiger partial charge on any atom is -0.351 e. The number of thioether (sulfide) groups is 1. The van der Waals surface area contributed by atoms with Gasteiger partial charge in [0, 0.05) is 36.6 Å². The molecule has 156 valence electrons. The van der Waals surface area contributed by atoms with Crippen LogP contribution < -0.4 is 16.0 Å². The van der Waals surface area contributed by atoms with Crippen molar-refractivity contribution in [3.8, 4) is 0 Å². The Hall–Kier alpha value is -2.85. The van der Waals surface area contributed by atoms with E-state index in [-0.39, 0.29) is 11.3 Å². The summed E-state index contributed by atoms with van der Waals surface area (Å²) in [6.45, 7) is 0.469. The summed E-state index contributed by atoms with van der Waals surface area (Å²) in [5.74, 6) is -0.340. The van der Waals surface area contributed by atoms with Crippen molar-refractivity contribution in [1.82, 2.24) is 25.6 Å². The lowest BCUT2D eigenvalue weighted by atomic mass is 9.91. The Balaban J connectivity index is 1.28. The van der Waals surface area contributed by atoms with Crippen LogP contribution in [-0.4, -0.2) is 38.2 Å². The molecule has 0 aromatic carbocycles. The molecule has 2 fully saturated rings. The van der Waals surface area contributed by atoms with Crippen molar-refractivity contribution in [3.05, 3.63) is 52.7 Å². The predicted octanol–water partition coefficient (Wildman–Crippen LogP) is 2.85. The summed E-state index contributed by atoms with van der Waals surface area (Å²) in [7, 11) is 0. The highest BCUT2D eigenvalue weighted by Crippen LogP contribution is 2.25. The SMILES string of the molecule is O=C1NC(=O)/C(=C\c2ccnc(NC3CCC(NCc4cccnc4F)CC3)n2)S1. The Morgan fingerprint density at radius 1 is 1.13 bits per heavy atom. The zero-order valence-electron chi connectivity index (χ0n) is 16.1. The van der Waals surface area contributed by atoms with Crippen LogP contribution in [0.5, 0.6) is 0 Å². The Kier molecular flexibility index (Phi) is 6.34. The first-order valence-electron chi connectivity index (χ1n) is 9.74. The van der Waals surface area contributed by atoms with Crippen molar-refractivity contribution in [1.29, 1.82) is 0 Å². The second-order valence-electron chi connectivity index (χ2n) is 7.18. The van der Waals surface area contributed by atoms with E-state index < -0.39 is 11.9 Å². The maximum Gasteiger partial charge on any atom is 0.290 e. The lowest BCUT2D eigenvalue weighted by Gasteiger charge is -2.29. The van der Waals surface area contributed by atoms with E-state index in [9.17, 15) is 14.0 Å². The average Bonchev–Trinajstić information content (AvgIpc) is 3.05. The number of imide groups is 1. The van der Waals surface area contributed by atoms with Gasteiger partial charge < -0.3 is 10.6 Å².